The number of hydrogen-bond acceptors (Lipinski definition) is 4. The van der Waals surface area contributed by atoms with Gasteiger partial charge in [-0.25, -0.2) is 13.1 Å². The van der Waals surface area contributed by atoms with Crippen LogP contribution in [0.2, 0.25) is 0 Å². The summed E-state index contributed by atoms with van der Waals surface area (Å²) in [6.45, 7) is 0. The Morgan fingerprint density at radius 2 is 2.07 bits per heavy atom. The van der Waals surface area contributed by atoms with Crippen molar-refractivity contribution in [2.75, 3.05) is 7.11 Å². The molecule has 1 aromatic rings. The lowest BCUT2D eigenvalue weighted by atomic mass is 10.2. The van der Waals surface area contributed by atoms with E-state index in [1.807, 2.05) is 4.72 Å². The molecule has 0 radical (unpaired) electrons. The zero-order chi connectivity index (χ0) is 10.3. The van der Waals surface area contributed by atoms with E-state index >= 15 is 0 Å². The maximum absolute atomic E-state index is 11.4. The summed E-state index contributed by atoms with van der Waals surface area (Å²) >= 11 is 0. The third-order valence-corrected chi connectivity index (χ3v) is 3.35. The molecule has 0 spiro atoms. The predicted octanol–water partition coefficient (Wildman–Crippen LogP) is 0.127. The van der Waals surface area contributed by atoms with E-state index < -0.39 is 15.9 Å². The van der Waals surface area contributed by atoms with Gasteiger partial charge in [-0.05, 0) is 12.1 Å². The SMILES string of the molecule is COc1cccc2c1S(=O)(=O)NC2=O. The van der Waals surface area contributed by atoms with E-state index in [1.165, 1.54) is 19.2 Å². The van der Waals surface area contributed by atoms with Gasteiger partial charge in [0.25, 0.3) is 15.9 Å². The lowest BCUT2D eigenvalue weighted by molar-refractivity contribution is 0.0985. The second-order valence-electron chi connectivity index (χ2n) is 2.77. The minimum atomic E-state index is -3.72. The molecule has 74 valence electrons. The second-order valence-corrected chi connectivity index (χ2v) is 4.39. The lowest BCUT2D eigenvalue weighted by Crippen LogP contribution is -2.20. The zero-order valence-corrected chi connectivity index (χ0v) is 8.09. The van der Waals surface area contributed by atoms with Crippen LogP contribution in [0.4, 0.5) is 0 Å². The Bertz CT molecular complexity index is 506. The lowest BCUT2D eigenvalue weighted by Gasteiger charge is -2.03. The number of amides is 1. The third-order valence-electron chi connectivity index (χ3n) is 1.94. The van der Waals surface area contributed by atoms with E-state index in [0.717, 1.165) is 0 Å². The number of nitrogens with one attached hydrogen (secondary N) is 1. The van der Waals surface area contributed by atoms with Crippen molar-refractivity contribution in [3.05, 3.63) is 23.8 Å². The van der Waals surface area contributed by atoms with Crippen molar-refractivity contribution in [3.8, 4) is 5.75 Å². The van der Waals surface area contributed by atoms with E-state index in [9.17, 15) is 13.2 Å². The van der Waals surface area contributed by atoms with Crippen molar-refractivity contribution < 1.29 is 17.9 Å². The number of carbonyl (C=O) groups is 1. The molecule has 0 aliphatic carbocycles. The normalized spacial score (nSPS) is 17.4. The zero-order valence-electron chi connectivity index (χ0n) is 7.27. The molecule has 0 atom stereocenters. The van der Waals surface area contributed by atoms with Crippen molar-refractivity contribution in [2.24, 2.45) is 0 Å². The minimum Gasteiger partial charge on any atom is -0.495 e. The van der Waals surface area contributed by atoms with E-state index in [4.69, 9.17) is 4.74 Å². The molecule has 0 fully saturated rings. The number of ether oxygens (including phenoxy) is 1. The largest absolute Gasteiger partial charge is 0.495 e. The first-order valence-electron chi connectivity index (χ1n) is 3.80. The van der Waals surface area contributed by atoms with E-state index in [0.29, 0.717) is 0 Å². The summed E-state index contributed by atoms with van der Waals surface area (Å²) < 4.78 is 29.6. The van der Waals surface area contributed by atoms with Crippen LogP contribution in [0.15, 0.2) is 23.1 Å². The summed E-state index contributed by atoms with van der Waals surface area (Å²) in [5.41, 5.74) is 0.129. The number of hydrogen-bond donors (Lipinski definition) is 1. The fraction of sp³-hybridized carbons (Fsp3) is 0.125. The van der Waals surface area contributed by atoms with E-state index in [2.05, 4.69) is 0 Å². The molecule has 0 saturated heterocycles. The van der Waals surface area contributed by atoms with Crippen molar-refractivity contribution in [1.29, 1.82) is 0 Å². The van der Waals surface area contributed by atoms with E-state index in [-0.39, 0.29) is 16.2 Å². The molecule has 1 N–H and O–H groups in total. The van der Waals surface area contributed by atoms with Crippen molar-refractivity contribution >= 4 is 15.9 Å². The highest BCUT2D eigenvalue weighted by Crippen LogP contribution is 2.31. The van der Waals surface area contributed by atoms with Crippen LogP contribution < -0.4 is 9.46 Å². The fourth-order valence-electron chi connectivity index (χ4n) is 1.36. The number of methoxy groups -OCH3 is 1. The first-order chi connectivity index (χ1) is 6.56. The molecule has 0 saturated carbocycles. The van der Waals surface area contributed by atoms with Crippen LogP contribution in [0.25, 0.3) is 0 Å². The molecule has 1 aliphatic rings. The van der Waals surface area contributed by atoms with Crippen molar-refractivity contribution in [2.45, 2.75) is 4.90 Å². The number of rotatable bonds is 1. The highest BCUT2D eigenvalue weighted by atomic mass is 32.2. The third kappa shape index (κ3) is 1.07. The van der Waals surface area contributed by atoms with Gasteiger partial charge in [0.2, 0.25) is 0 Å². The average molecular weight is 213 g/mol. The first-order valence-corrected chi connectivity index (χ1v) is 5.29. The van der Waals surface area contributed by atoms with Crippen LogP contribution in [0.5, 0.6) is 5.75 Å². The number of benzene rings is 1. The molecule has 2 rings (SSSR count). The molecule has 0 unspecified atom stereocenters. The van der Waals surface area contributed by atoms with Gasteiger partial charge in [0.05, 0.1) is 12.7 Å². The van der Waals surface area contributed by atoms with Crippen LogP contribution in [-0.4, -0.2) is 21.4 Å². The number of fused-ring (bicyclic) bond motifs is 1. The van der Waals surface area contributed by atoms with Gasteiger partial charge in [0.1, 0.15) is 10.6 Å². The van der Waals surface area contributed by atoms with Crippen LogP contribution in [0, 0.1) is 0 Å². The van der Waals surface area contributed by atoms with Gasteiger partial charge >= 0.3 is 0 Å². The highest BCUT2D eigenvalue weighted by Gasteiger charge is 2.35. The van der Waals surface area contributed by atoms with E-state index in [1.54, 1.807) is 6.07 Å². The summed E-state index contributed by atoms with van der Waals surface area (Å²) in [5, 5.41) is 0. The molecule has 0 aromatic heterocycles. The Hall–Kier alpha value is -1.56. The highest BCUT2D eigenvalue weighted by molar-refractivity contribution is 7.90. The Labute approximate surface area is 80.7 Å². The fourth-order valence-corrected chi connectivity index (χ4v) is 2.68. The predicted molar refractivity (Wildman–Crippen MR) is 47.6 cm³/mol. The Kier molecular flexibility index (Phi) is 1.75. The molecule has 5 nitrogen and oxygen atoms in total. The van der Waals surface area contributed by atoms with Crippen LogP contribution in [-0.2, 0) is 10.0 Å². The maximum Gasteiger partial charge on any atom is 0.268 e. The summed E-state index contributed by atoms with van der Waals surface area (Å²) in [6, 6.07) is 4.51. The molecule has 0 bridgehead atoms. The van der Waals surface area contributed by atoms with Gasteiger partial charge in [-0.15, -0.1) is 0 Å². The van der Waals surface area contributed by atoms with Crippen molar-refractivity contribution in [3.63, 3.8) is 0 Å². The van der Waals surface area contributed by atoms with Gasteiger partial charge in [-0.2, -0.15) is 0 Å². The summed E-state index contributed by atoms with van der Waals surface area (Å²) in [4.78, 5) is 11.1. The summed E-state index contributed by atoms with van der Waals surface area (Å²) in [6.07, 6.45) is 0. The molecule has 14 heavy (non-hydrogen) atoms. The minimum absolute atomic E-state index is 0.0764. The van der Waals surface area contributed by atoms with Gasteiger partial charge in [-0.3, -0.25) is 4.79 Å². The monoisotopic (exact) mass is 213 g/mol. The molecular weight excluding hydrogens is 206 g/mol. The maximum atomic E-state index is 11.4. The molecule has 1 aromatic carbocycles. The van der Waals surface area contributed by atoms with Gasteiger partial charge < -0.3 is 4.74 Å². The van der Waals surface area contributed by atoms with Crippen LogP contribution in [0.1, 0.15) is 10.4 Å². The van der Waals surface area contributed by atoms with Crippen molar-refractivity contribution in [1.82, 2.24) is 4.72 Å². The van der Waals surface area contributed by atoms with Gasteiger partial charge in [-0.1, -0.05) is 6.07 Å². The van der Waals surface area contributed by atoms with Gasteiger partial charge in [0.15, 0.2) is 0 Å². The molecule has 1 heterocycles. The Morgan fingerprint density at radius 3 is 2.71 bits per heavy atom. The molecule has 1 amide bonds. The summed E-state index contributed by atoms with van der Waals surface area (Å²) in [7, 11) is -2.37. The Morgan fingerprint density at radius 1 is 1.36 bits per heavy atom. The number of sulfonamides is 1. The van der Waals surface area contributed by atoms with Gasteiger partial charge in [0, 0.05) is 0 Å². The number of carbonyl (C=O) groups excluding carboxylic acids is 1. The van der Waals surface area contributed by atoms with Crippen LogP contribution in [0.3, 0.4) is 0 Å². The second kappa shape index (κ2) is 2.71. The summed E-state index contributed by atoms with van der Waals surface area (Å²) in [5.74, 6) is -0.431. The molecular formula is C8H7NO4S. The first kappa shape index (κ1) is 9.01. The van der Waals surface area contributed by atoms with Crippen LogP contribution >= 0.6 is 0 Å². The molecule has 6 heteroatoms. The quantitative estimate of drug-likeness (QED) is 0.719. The Balaban J connectivity index is 2.82. The topological polar surface area (TPSA) is 72.5 Å². The smallest absolute Gasteiger partial charge is 0.268 e. The standard InChI is InChI=1S/C8H7NO4S/c1-13-6-4-2-3-5-7(6)14(11,12)9-8(5)10/h2-4H,1H3,(H,9,10). The molecule has 1 aliphatic heterocycles. The average Bonchev–Trinajstić information content (AvgIpc) is 2.38.